The SMILES string of the molecule is C(=Nc1cccc2ccc(-c3cccc4cccnc34)cc12)c1ccc2ccccc2c1. The van der Waals surface area contributed by atoms with Gasteiger partial charge in [-0.2, -0.15) is 0 Å². The van der Waals surface area contributed by atoms with Crippen LogP contribution in [0.2, 0.25) is 0 Å². The number of pyridine rings is 1. The highest BCUT2D eigenvalue weighted by atomic mass is 14.7. The summed E-state index contributed by atoms with van der Waals surface area (Å²) in [6.45, 7) is 0. The van der Waals surface area contributed by atoms with Crippen LogP contribution in [0, 0.1) is 0 Å². The quantitative estimate of drug-likeness (QED) is 0.273. The van der Waals surface area contributed by atoms with Crippen LogP contribution in [0.4, 0.5) is 5.69 Å². The normalized spacial score (nSPS) is 11.6. The minimum Gasteiger partial charge on any atom is -0.256 e. The third kappa shape index (κ3) is 3.32. The van der Waals surface area contributed by atoms with Gasteiger partial charge in [0.2, 0.25) is 0 Å². The highest BCUT2D eigenvalue weighted by Gasteiger charge is 2.07. The molecule has 0 amide bonds. The lowest BCUT2D eigenvalue weighted by Crippen LogP contribution is -1.85. The Kier molecular flexibility index (Phi) is 4.47. The van der Waals surface area contributed by atoms with Gasteiger partial charge in [0, 0.05) is 28.7 Å². The van der Waals surface area contributed by atoms with E-state index >= 15 is 0 Å². The molecule has 0 spiro atoms. The second kappa shape index (κ2) is 7.75. The minimum atomic E-state index is 0.964. The van der Waals surface area contributed by atoms with Gasteiger partial charge in [0.25, 0.3) is 0 Å². The number of fused-ring (bicyclic) bond motifs is 3. The van der Waals surface area contributed by atoms with Gasteiger partial charge >= 0.3 is 0 Å². The van der Waals surface area contributed by atoms with E-state index < -0.39 is 0 Å². The van der Waals surface area contributed by atoms with E-state index in [1.165, 1.54) is 16.2 Å². The summed E-state index contributed by atoms with van der Waals surface area (Å²) in [7, 11) is 0. The molecular weight excluding hydrogens is 388 g/mol. The van der Waals surface area contributed by atoms with Gasteiger partial charge in [-0.05, 0) is 51.6 Å². The van der Waals surface area contributed by atoms with Gasteiger partial charge in [-0.25, -0.2) is 0 Å². The highest BCUT2D eigenvalue weighted by Crippen LogP contribution is 2.33. The topological polar surface area (TPSA) is 25.2 Å². The van der Waals surface area contributed by atoms with Gasteiger partial charge < -0.3 is 0 Å². The number of rotatable bonds is 3. The number of hydrogen-bond acceptors (Lipinski definition) is 2. The number of aromatic nitrogens is 1. The molecule has 0 bridgehead atoms. The van der Waals surface area contributed by atoms with E-state index in [0.29, 0.717) is 0 Å². The fourth-order valence-corrected chi connectivity index (χ4v) is 4.31. The molecule has 2 nitrogen and oxygen atoms in total. The molecule has 0 saturated heterocycles. The zero-order valence-corrected chi connectivity index (χ0v) is 17.4. The first kappa shape index (κ1) is 18.5. The summed E-state index contributed by atoms with van der Waals surface area (Å²) in [5.41, 5.74) is 5.36. The second-order valence-corrected chi connectivity index (χ2v) is 7.96. The molecule has 1 heterocycles. The number of nitrogens with zero attached hydrogens (tertiary/aromatic N) is 2. The molecule has 0 aliphatic rings. The van der Waals surface area contributed by atoms with E-state index in [2.05, 4.69) is 108 Å². The van der Waals surface area contributed by atoms with Crippen molar-refractivity contribution in [3.05, 3.63) is 121 Å². The molecule has 32 heavy (non-hydrogen) atoms. The van der Waals surface area contributed by atoms with Crippen LogP contribution in [0.25, 0.3) is 43.6 Å². The number of para-hydroxylation sites is 1. The lowest BCUT2D eigenvalue weighted by Gasteiger charge is -2.09. The lowest BCUT2D eigenvalue weighted by molar-refractivity contribution is 1.41. The van der Waals surface area contributed by atoms with Crippen LogP contribution in [0.15, 0.2) is 120 Å². The first-order valence-electron chi connectivity index (χ1n) is 10.7. The van der Waals surface area contributed by atoms with Crippen LogP contribution in [0.3, 0.4) is 0 Å². The van der Waals surface area contributed by atoms with E-state index in [0.717, 1.165) is 38.7 Å². The van der Waals surface area contributed by atoms with Crippen molar-refractivity contribution in [2.45, 2.75) is 0 Å². The molecule has 150 valence electrons. The van der Waals surface area contributed by atoms with Crippen LogP contribution in [0.5, 0.6) is 0 Å². The van der Waals surface area contributed by atoms with Crippen LogP contribution in [0.1, 0.15) is 5.56 Å². The third-order valence-corrected chi connectivity index (χ3v) is 5.93. The Morgan fingerprint density at radius 3 is 2.34 bits per heavy atom. The van der Waals surface area contributed by atoms with Crippen molar-refractivity contribution in [2.75, 3.05) is 0 Å². The van der Waals surface area contributed by atoms with Gasteiger partial charge in [-0.1, -0.05) is 84.9 Å². The standard InChI is InChI=1S/C30H20N2/c1-2-7-25-18-21(13-14-22(25)6-1)20-32-29-12-4-8-23-15-16-26(19-28(23)29)27-11-3-9-24-10-5-17-31-30(24)27/h1-20H. The maximum atomic E-state index is 4.87. The highest BCUT2D eigenvalue weighted by molar-refractivity contribution is 6.01. The average Bonchev–Trinajstić information content (AvgIpc) is 2.86. The molecule has 0 radical (unpaired) electrons. The van der Waals surface area contributed by atoms with Crippen molar-refractivity contribution >= 4 is 44.3 Å². The van der Waals surface area contributed by atoms with Gasteiger partial charge in [0.15, 0.2) is 0 Å². The molecular formula is C30H20N2. The predicted octanol–water partition coefficient (Wildman–Crippen LogP) is 7.96. The predicted molar refractivity (Wildman–Crippen MR) is 136 cm³/mol. The third-order valence-electron chi connectivity index (χ3n) is 5.93. The molecule has 0 unspecified atom stereocenters. The van der Waals surface area contributed by atoms with Crippen molar-refractivity contribution in [3.8, 4) is 11.1 Å². The average molecular weight is 409 g/mol. The van der Waals surface area contributed by atoms with E-state index in [9.17, 15) is 0 Å². The lowest BCUT2D eigenvalue weighted by atomic mass is 9.98. The van der Waals surface area contributed by atoms with Gasteiger partial charge in [0.05, 0.1) is 11.2 Å². The molecule has 1 aromatic heterocycles. The van der Waals surface area contributed by atoms with Crippen molar-refractivity contribution in [1.82, 2.24) is 4.98 Å². The molecule has 6 rings (SSSR count). The summed E-state index contributed by atoms with van der Waals surface area (Å²) in [4.78, 5) is 9.50. The maximum absolute atomic E-state index is 4.87. The van der Waals surface area contributed by atoms with Crippen LogP contribution in [-0.2, 0) is 0 Å². The number of hydrogen-bond donors (Lipinski definition) is 0. The molecule has 5 aromatic carbocycles. The van der Waals surface area contributed by atoms with Gasteiger partial charge in [0.1, 0.15) is 0 Å². The van der Waals surface area contributed by atoms with Crippen molar-refractivity contribution in [1.29, 1.82) is 0 Å². The minimum absolute atomic E-state index is 0.964. The fourth-order valence-electron chi connectivity index (χ4n) is 4.31. The van der Waals surface area contributed by atoms with Crippen molar-refractivity contribution in [3.63, 3.8) is 0 Å². The Morgan fingerprint density at radius 1 is 0.594 bits per heavy atom. The fraction of sp³-hybridized carbons (Fsp3) is 0. The summed E-state index contributed by atoms with van der Waals surface area (Å²) in [5, 5.41) is 5.92. The molecule has 0 aliphatic heterocycles. The first-order valence-corrected chi connectivity index (χ1v) is 10.7. The van der Waals surface area contributed by atoms with Crippen molar-refractivity contribution < 1.29 is 0 Å². The Labute approximate surface area is 186 Å². The molecule has 0 N–H and O–H groups in total. The summed E-state index contributed by atoms with van der Waals surface area (Å²) < 4.78 is 0. The maximum Gasteiger partial charge on any atom is 0.0780 e. The summed E-state index contributed by atoms with van der Waals surface area (Å²) in [6.07, 6.45) is 3.81. The van der Waals surface area contributed by atoms with Crippen LogP contribution >= 0.6 is 0 Å². The second-order valence-electron chi connectivity index (χ2n) is 7.96. The Bertz CT molecular complexity index is 1620. The largest absolute Gasteiger partial charge is 0.256 e. The molecule has 0 fully saturated rings. The molecule has 0 atom stereocenters. The Morgan fingerprint density at radius 2 is 1.38 bits per heavy atom. The Balaban J connectivity index is 1.45. The number of aliphatic imine (C=N–C) groups is 1. The number of benzene rings is 5. The van der Waals surface area contributed by atoms with Crippen LogP contribution in [-0.4, -0.2) is 11.2 Å². The van der Waals surface area contributed by atoms with Gasteiger partial charge in [-0.3, -0.25) is 9.98 Å². The van der Waals surface area contributed by atoms with E-state index in [1.807, 2.05) is 18.5 Å². The zero-order valence-electron chi connectivity index (χ0n) is 17.4. The monoisotopic (exact) mass is 408 g/mol. The van der Waals surface area contributed by atoms with Crippen molar-refractivity contribution in [2.24, 2.45) is 4.99 Å². The molecule has 2 heteroatoms. The van der Waals surface area contributed by atoms with E-state index in [-0.39, 0.29) is 0 Å². The molecule has 6 aromatic rings. The summed E-state index contributed by atoms with van der Waals surface area (Å²) >= 11 is 0. The summed E-state index contributed by atoms with van der Waals surface area (Å²) in [6, 6.07) is 38.1. The zero-order chi connectivity index (χ0) is 21.3. The molecule has 0 aliphatic carbocycles. The smallest absolute Gasteiger partial charge is 0.0780 e. The van der Waals surface area contributed by atoms with E-state index in [4.69, 9.17) is 4.99 Å². The van der Waals surface area contributed by atoms with Crippen LogP contribution < -0.4 is 0 Å². The van der Waals surface area contributed by atoms with Gasteiger partial charge in [-0.15, -0.1) is 0 Å². The Hall–Kier alpha value is -4.30. The first-order chi connectivity index (χ1) is 15.8. The summed E-state index contributed by atoms with van der Waals surface area (Å²) in [5.74, 6) is 0. The molecule has 0 saturated carbocycles. The van der Waals surface area contributed by atoms with E-state index in [1.54, 1.807) is 0 Å².